The lowest BCUT2D eigenvalue weighted by Gasteiger charge is -2.11. The summed E-state index contributed by atoms with van der Waals surface area (Å²) < 4.78 is 41.4. The van der Waals surface area contributed by atoms with Crippen LogP contribution in [0.1, 0.15) is 6.92 Å². The molecule has 1 N–H and O–H groups in total. The summed E-state index contributed by atoms with van der Waals surface area (Å²) in [4.78, 5) is 9.22. The van der Waals surface area contributed by atoms with Gasteiger partial charge in [0.2, 0.25) is 0 Å². The van der Waals surface area contributed by atoms with Gasteiger partial charge in [0.05, 0.1) is 6.61 Å². The predicted molar refractivity (Wildman–Crippen MR) is 47.4 cm³/mol. The number of benzene rings is 1. The summed E-state index contributed by atoms with van der Waals surface area (Å²) in [6.45, 7) is 1.43. The summed E-state index contributed by atoms with van der Waals surface area (Å²) in [7, 11) is -4.22. The van der Waals surface area contributed by atoms with Gasteiger partial charge in [-0.05, 0) is 25.1 Å². The van der Waals surface area contributed by atoms with Crippen LogP contribution in [0.25, 0.3) is 0 Å². The minimum atomic E-state index is -4.22. The molecule has 0 aliphatic rings. The van der Waals surface area contributed by atoms with Gasteiger partial charge in [-0.2, -0.15) is 0 Å². The van der Waals surface area contributed by atoms with Gasteiger partial charge in [0.1, 0.15) is 16.9 Å². The Balaban J connectivity index is 3.17. The molecule has 78 valence electrons. The van der Waals surface area contributed by atoms with Gasteiger partial charge < -0.3 is 9.42 Å². The monoisotopic (exact) mass is 222 g/mol. The quantitative estimate of drug-likeness (QED) is 0.793. The molecule has 1 atom stereocenters. The summed E-state index contributed by atoms with van der Waals surface area (Å²) in [6, 6.07) is 2.31. The van der Waals surface area contributed by atoms with Crippen LogP contribution in [0, 0.1) is 11.6 Å². The van der Waals surface area contributed by atoms with Crippen molar-refractivity contribution in [3.05, 3.63) is 29.8 Å². The minimum absolute atomic E-state index is 0.0519. The Morgan fingerprint density at radius 1 is 1.50 bits per heavy atom. The Morgan fingerprint density at radius 2 is 2.14 bits per heavy atom. The van der Waals surface area contributed by atoms with Crippen LogP contribution in [0.2, 0.25) is 0 Å². The van der Waals surface area contributed by atoms with Crippen molar-refractivity contribution >= 4 is 12.9 Å². The van der Waals surface area contributed by atoms with Crippen molar-refractivity contribution in [1.82, 2.24) is 0 Å². The molecule has 0 amide bonds. The Morgan fingerprint density at radius 3 is 2.71 bits per heavy atom. The molecule has 14 heavy (non-hydrogen) atoms. The second kappa shape index (κ2) is 4.17. The van der Waals surface area contributed by atoms with Gasteiger partial charge in [0, 0.05) is 0 Å². The first-order valence-corrected chi connectivity index (χ1v) is 5.48. The Bertz CT molecular complexity index is 381. The molecular weight excluding hydrogens is 213 g/mol. The number of hydrogen-bond acceptors (Lipinski definition) is 2. The fourth-order valence-electron chi connectivity index (χ4n) is 0.947. The lowest BCUT2D eigenvalue weighted by atomic mass is 10.3. The van der Waals surface area contributed by atoms with E-state index < -0.39 is 24.5 Å². The number of rotatable bonds is 3. The molecule has 1 rings (SSSR count). The maximum atomic E-state index is 13.0. The van der Waals surface area contributed by atoms with Gasteiger partial charge in [0.15, 0.2) is 0 Å². The van der Waals surface area contributed by atoms with E-state index in [1.807, 2.05) is 0 Å². The fraction of sp³-hybridized carbons (Fsp3) is 0.250. The minimum Gasteiger partial charge on any atom is -0.321 e. The zero-order valence-electron chi connectivity index (χ0n) is 7.41. The number of hydrogen-bond donors (Lipinski definition) is 1. The average molecular weight is 222 g/mol. The van der Waals surface area contributed by atoms with Crippen LogP contribution in [0.3, 0.4) is 0 Å². The van der Waals surface area contributed by atoms with Gasteiger partial charge in [-0.3, -0.25) is 4.57 Å². The van der Waals surface area contributed by atoms with Crippen molar-refractivity contribution in [3.63, 3.8) is 0 Å². The van der Waals surface area contributed by atoms with Crippen LogP contribution in [0.4, 0.5) is 8.78 Å². The molecule has 0 saturated heterocycles. The summed E-state index contributed by atoms with van der Waals surface area (Å²) in [6.07, 6.45) is 0. The maximum absolute atomic E-state index is 13.0. The summed E-state index contributed by atoms with van der Waals surface area (Å²) >= 11 is 0. The van der Waals surface area contributed by atoms with Crippen molar-refractivity contribution in [3.8, 4) is 0 Å². The second-order valence-corrected chi connectivity index (χ2v) is 4.31. The highest BCUT2D eigenvalue weighted by Gasteiger charge is 2.26. The predicted octanol–water partition coefficient (Wildman–Crippen LogP) is 1.81. The topological polar surface area (TPSA) is 46.5 Å². The molecule has 0 aliphatic carbocycles. The first kappa shape index (κ1) is 11.3. The maximum Gasteiger partial charge on any atom is 0.361 e. The highest BCUT2D eigenvalue weighted by molar-refractivity contribution is 7.61. The summed E-state index contributed by atoms with van der Waals surface area (Å²) in [5.41, 5.74) is 0. The molecular formula is C8H9F2O3P. The van der Waals surface area contributed by atoms with E-state index >= 15 is 0 Å². The molecule has 0 aromatic heterocycles. The van der Waals surface area contributed by atoms with Crippen molar-refractivity contribution in [2.75, 3.05) is 6.61 Å². The van der Waals surface area contributed by atoms with E-state index in [4.69, 9.17) is 0 Å². The molecule has 0 heterocycles. The summed E-state index contributed by atoms with van der Waals surface area (Å²) in [5, 5.41) is -0.639. The molecule has 0 fully saturated rings. The van der Waals surface area contributed by atoms with Crippen LogP contribution >= 0.6 is 7.60 Å². The molecule has 1 unspecified atom stereocenters. The lowest BCUT2D eigenvalue weighted by Crippen LogP contribution is -2.12. The normalized spacial score (nSPS) is 15.1. The third-order valence-corrected chi connectivity index (χ3v) is 3.08. The molecule has 3 nitrogen and oxygen atoms in total. The van der Waals surface area contributed by atoms with Gasteiger partial charge in [0.25, 0.3) is 0 Å². The molecule has 1 aromatic rings. The lowest BCUT2D eigenvalue weighted by molar-refractivity contribution is 0.283. The molecule has 0 spiro atoms. The molecule has 0 radical (unpaired) electrons. The van der Waals surface area contributed by atoms with E-state index in [1.165, 1.54) is 6.92 Å². The Hall–Kier alpha value is -0.770. The highest BCUT2D eigenvalue weighted by Crippen LogP contribution is 2.41. The third-order valence-electron chi connectivity index (χ3n) is 1.52. The van der Waals surface area contributed by atoms with Crippen LogP contribution in [0.15, 0.2) is 18.2 Å². The Kier molecular flexibility index (Phi) is 3.37. The van der Waals surface area contributed by atoms with Crippen molar-refractivity contribution in [1.29, 1.82) is 0 Å². The smallest absolute Gasteiger partial charge is 0.321 e. The largest absolute Gasteiger partial charge is 0.361 e. The van der Waals surface area contributed by atoms with Crippen LogP contribution in [-0.2, 0) is 9.09 Å². The first-order valence-electron chi connectivity index (χ1n) is 3.90. The molecule has 0 bridgehead atoms. The van der Waals surface area contributed by atoms with E-state index in [-0.39, 0.29) is 6.61 Å². The van der Waals surface area contributed by atoms with Crippen LogP contribution in [-0.4, -0.2) is 11.5 Å². The Labute approximate surface area is 79.9 Å². The highest BCUT2D eigenvalue weighted by atomic mass is 31.2. The second-order valence-electron chi connectivity index (χ2n) is 2.53. The van der Waals surface area contributed by atoms with Gasteiger partial charge in [-0.15, -0.1) is 0 Å². The zero-order chi connectivity index (χ0) is 10.8. The van der Waals surface area contributed by atoms with Crippen LogP contribution < -0.4 is 5.30 Å². The first-order chi connectivity index (χ1) is 6.47. The molecule has 0 saturated carbocycles. The van der Waals surface area contributed by atoms with Crippen molar-refractivity contribution in [2.24, 2.45) is 0 Å². The summed E-state index contributed by atoms with van der Waals surface area (Å²) in [5.74, 6) is -1.74. The molecule has 6 heteroatoms. The van der Waals surface area contributed by atoms with Crippen molar-refractivity contribution in [2.45, 2.75) is 6.92 Å². The van der Waals surface area contributed by atoms with E-state index in [0.717, 1.165) is 12.1 Å². The van der Waals surface area contributed by atoms with E-state index in [9.17, 15) is 18.2 Å². The van der Waals surface area contributed by atoms with Crippen molar-refractivity contribution < 1.29 is 22.8 Å². The van der Waals surface area contributed by atoms with Gasteiger partial charge in [-0.25, -0.2) is 8.78 Å². The third kappa shape index (κ3) is 2.38. The van der Waals surface area contributed by atoms with Gasteiger partial charge in [-0.1, -0.05) is 0 Å². The molecule has 1 aromatic carbocycles. The van der Waals surface area contributed by atoms with E-state index in [2.05, 4.69) is 4.52 Å². The van der Waals surface area contributed by atoms with E-state index in [1.54, 1.807) is 0 Å². The zero-order valence-corrected chi connectivity index (χ0v) is 8.30. The average Bonchev–Trinajstić information content (AvgIpc) is 2.09. The van der Waals surface area contributed by atoms with Crippen LogP contribution in [0.5, 0.6) is 0 Å². The number of halogens is 2. The molecule has 0 aliphatic heterocycles. The van der Waals surface area contributed by atoms with E-state index in [0.29, 0.717) is 6.07 Å². The standard InChI is InChI=1S/C8H9F2O3P/c1-2-13-14(11,12)8-5-6(9)3-4-7(8)10/h3-5H,2H2,1H3,(H,11,12). The van der Waals surface area contributed by atoms with Gasteiger partial charge >= 0.3 is 7.60 Å². The fourth-order valence-corrected chi connectivity index (χ4v) is 2.07. The SMILES string of the molecule is CCOP(=O)(O)c1cc(F)ccc1F.